The zero-order valence-corrected chi connectivity index (χ0v) is 13.3. The molecule has 2 amide bonds. The molecule has 2 aliphatic rings. The number of rotatable bonds is 3. The van der Waals surface area contributed by atoms with Gasteiger partial charge in [0.25, 0.3) is 0 Å². The van der Waals surface area contributed by atoms with Crippen LogP contribution in [0.1, 0.15) is 31.2 Å². The molecule has 23 heavy (non-hydrogen) atoms. The van der Waals surface area contributed by atoms with E-state index in [9.17, 15) is 9.59 Å². The Morgan fingerprint density at radius 3 is 2.70 bits per heavy atom. The lowest BCUT2D eigenvalue weighted by Gasteiger charge is -2.21. The van der Waals surface area contributed by atoms with Gasteiger partial charge in [-0.1, -0.05) is 18.2 Å². The van der Waals surface area contributed by atoms with E-state index >= 15 is 0 Å². The first-order chi connectivity index (χ1) is 11.1. The lowest BCUT2D eigenvalue weighted by molar-refractivity contribution is -0.161. The van der Waals surface area contributed by atoms with Crippen LogP contribution in [0.5, 0.6) is 0 Å². The SMILES string of the molecule is Cc1ccccc1NC(=O)C(=O)NC[C@@H]1COC2(CCCC2)O1. The van der Waals surface area contributed by atoms with Crippen molar-refractivity contribution in [2.24, 2.45) is 0 Å². The molecule has 2 N–H and O–H groups in total. The minimum atomic E-state index is -0.672. The van der Waals surface area contributed by atoms with Gasteiger partial charge >= 0.3 is 11.8 Å². The van der Waals surface area contributed by atoms with Crippen LogP contribution in [0, 0.1) is 6.92 Å². The van der Waals surface area contributed by atoms with Crippen molar-refractivity contribution in [3.05, 3.63) is 29.8 Å². The molecule has 1 atom stereocenters. The fourth-order valence-corrected chi connectivity index (χ4v) is 3.07. The third-order valence-electron chi connectivity index (χ3n) is 4.37. The molecule has 0 radical (unpaired) electrons. The van der Waals surface area contributed by atoms with E-state index in [-0.39, 0.29) is 12.6 Å². The summed E-state index contributed by atoms with van der Waals surface area (Å²) in [5, 5.41) is 5.23. The van der Waals surface area contributed by atoms with Crippen molar-refractivity contribution >= 4 is 17.5 Å². The maximum absolute atomic E-state index is 11.9. The molecule has 3 rings (SSSR count). The summed E-state index contributed by atoms with van der Waals surface area (Å²) in [6, 6.07) is 7.32. The largest absolute Gasteiger partial charge is 0.347 e. The number of hydrogen-bond acceptors (Lipinski definition) is 4. The second kappa shape index (κ2) is 6.68. The van der Waals surface area contributed by atoms with Crippen LogP contribution in [0.15, 0.2) is 24.3 Å². The molecule has 1 heterocycles. The van der Waals surface area contributed by atoms with Gasteiger partial charge < -0.3 is 20.1 Å². The van der Waals surface area contributed by atoms with Gasteiger partial charge in [-0.25, -0.2) is 0 Å². The number of carbonyl (C=O) groups excluding carboxylic acids is 2. The van der Waals surface area contributed by atoms with Gasteiger partial charge in [-0.15, -0.1) is 0 Å². The van der Waals surface area contributed by atoms with Gasteiger partial charge in [-0.2, -0.15) is 0 Å². The minimum Gasteiger partial charge on any atom is -0.347 e. The van der Waals surface area contributed by atoms with Crippen molar-refractivity contribution in [2.45, 2.75) is 44.5 Å². The van der Waals surface area contributed by atoms with Crippen molar-refractivity contribution < 1.29 is 19.1 Å². The maximum Gasteiger partial charge on any atom is 0.313 e. The minimum absolute atomic E-state index is 0.191. The molecule has 6 nitrogen and oxygen atoms in total. The average molecular weight is 318 g/mol. The van der Waals surface area contributed by atoms with Crippen LogP contribution in [-0.2, 0) is 19.1 Å². The zero-order valence-electron chi connectivity index (χ0n) is 13.3. The molecule has 1 aromatic rings. The van der Waals surface area contributed by atoms with Gasteiger partial charge in [0, 0.05) is 25.1 Å². The molecule has 0 unspecified atom stereocenters. The smallest absolute Gasteiger partial charge is 0.313 e. The standard InChI is InChI=1S/C17H22N2O4/c1-12-6-2-3-7-14(12)19-16(21)15(20)18-10-13-11-22-17(23-13)8-4-5-9-17/h2-3,6-7,13H,4-5,8-11H2,1H3,(H,18,20)(H,19,21)/t13-/m1/s1. The van der Waals surface area contributed by atoms with E-state index in [0.717, 1.165) is 31.2 Å². The third-order valence-corrected chi connectivity index (χ3v) is 4.37. The summed E-state index contributed by atoms with van der Waals surface area (Å²) in [6.07, 6.45) is 3.84. The molecule has 2 fully saturated rings. The molecule has 6 heteroatoms. The predicted molar refractivity (Wildman–Crippen MR) is 84.8 cm³/mol. The van der Waals surface area contributed by atoms with E-state index in [0.29, 0.717) is 12.3 Å². The topological polar surface area (TPSA) is 76.7 Å². The first-order valence-electron chi connectivity index (χ1n) is 8.05. The second-order valence-corrected chi connectivity index (χ2v) is 6.15. The first kappa shape index (κ1) is 16.0. The predicted octanol–water partition coefficient (Wildman–Crippen LogP) is 1.74. The van der Waals surface area contributed by atoms with Crippen molar-refractivity contribution in [3.8, 4) is 0 Å². The van der Waals surface area contributed by atoms with Crippen LogP contribution in [0.2, 0.25) is 0 Å². The summed E-state index contributed by atoms with van der Waals surface area (Å²) >= 11 is 0. The molecule has 1 aromatic carbocycles. The molecule has 1 spiro atoms. The molecule has 1 saturated heterocycles. The van der Waals surface area contributed by atoms with Crippen LogP contribution in [0.3, 0.4) is 0 Å². The highest BCUT2D eigenvalue weighted by Gasteiger charge is 2.43. The summed E-state index contributed by atoms with van der Waals surface area (Å²) in [5.41, 5.74) is 1.54. The number of carbonyl (C=O) groups is 2. The quantitative estimate of drug-likeness (QED) is 0.832. The van der Waals surface area contributed by atoms with Crippen molar-refractivity contribution in [2.75, 3.05) is 18.5 Å². The van der Waals surface area contributed by atoms with Crippen molar-refractivity contribution in [1.82, 2.24) is 5.32 Å². The van der Waals surface area contributed by atoms with Crippen LogP contribution in [0.4, 0.5) is 5.69 Å². The molecule has 1 aliphatic heterocycles. The highest BCUT2D eigenvalue weighted by molar-refractivity contribution is 6.39. The van der Waals surface area contributed by atoms with E-state index in [2.05, 4.69) is 10.6 Å². The third kappa shape index (κ3) is 3.71. The number of para-hydroxylation sites is 1. The highest BCUT2D eigenvalue weighted by Crippen LogP contribution is 2.38. The van der Waals surface area contributed by atoms with Gasteiger partial charge in [-0.3, -0.25) is 9.59 Å². The van der Waals surface area contributed by atoms with Crippen LogP contribution in [-0.4, -0.2) is 36.9 Å². The Labute approximate surface area is 135 Å². The fourth-order valence-electron chi connectivity index (χ4n) is 3.07. The van der Waals surface area contributed by atoms with E-state index < -0.39 is 17.6 Å². The van der Waals surface area contributed by atoms with Gasteiger partial charge in [0.05, 0.1) is 6.61 Å². The number of ether oxygens (including phenoxy) is 2. The molecule has 124 valence electrons. The normalized spacial score (nSPS) is 22.2. The summed E-state index contributed by atoms with van der Waals surface area (Å²) in [5.74, 6) is -1.78. The zero-order chi connectivity index (χ0) is 16.3. The maximum atomic E-state index is 11.9. The van der Waals surface area contributed by atoms with Crippen LogP contribution < -0.4 is 10.6 Å². The molecule has 1 aliphatic carbocycles. The fraction of sp³-hybridized carbons (Fsp3) is 0.529. The van der Waals surface area contributed by atoms with Crippen molar-refractivity contribution in [3.63, 3.8) is 0 Å². The van der Waals surface area contributed by atoms with Gasteiger partial charge in [0.2, 0.25) is 0 Å². The van der Waals surface area contributed by atoms with Crippen LogP contribution in [0.25, 0.3) is 0 Å². The Hall–Kier alpha value is -1.92. The Morgan fingerprint density at radius 1 is 1.22 bits per heavy atom. The Balaban J connectivity index is 1.46. The summed E-state index contributed by atoms with van der Waals surface area (Å²) in [6.45, 7) is 2.61. The average Bonchev–Trinajstić information content (AvgIpc) is 3.17. The van der Waals surface area contributed by atoms with E-state index in [1.54, 1.807) is 6.07 Å². The van der Waals surface area contributed by atoms with Gasteiger partial charge in [0.1, 0.15) is 6.10 Å². The van der Waals surface area contributed by atoms with Gasteiger partial charge in [-0.05, 0) is 31.4 Å². The molecule has 0 aromatic heterocycles. The number of benzene rings is 1. The van der Waals surface area contributed by atoms with E-state index in [1.807, 2.05) is 25.1 Å². The van der Waals surface area contributed by atoms with E-state index in [1.165, 1.54) is 0 Å². The van der Waals surface area contributed by atoms with Gasteiger partial charge in [0.15, 0.2) is 5.79 Å². The first-order valence-corrected chi connectivity index (χ1v) is 8.05. The Kier molecular flexibility index (Phi) is 4.63. The van der Waals surface area contributed by atoms with Crippen LogP contribution >= 0.6 is 0 Å². The number of nitrogens with one attached hydrogen (secondary N) is 2. The molecular formula is C17H22N2O4. The monoisotopic (exact) mass is 318 g/mol. The lowest BCUT2D eigenvalue weighted by atomic mass is 10.2. The molecule has 0 bridgehead atoms. The lowest BCUT2D eigenvalue weighted by Crippen LogP contribution is -2.40. The Morgan fingerprint density at radius 2 is 1.96 bits per heavy atom. The number of anilines is 1. The number of hydrogen-bond donors (Lipinski definition) is 2. The summed E-state index contributed by atoms with van der Waals surface area (Å²) < 4.78 is 11.7. The van der Waals surface area contributed by atoms with E-state index in [4.69, 9.17) is 9.47 Å². The highest BCUT2D eigenvalue weighted by atomic mass is 16.7. The summed E-state index contributed by atoms with van der Waals surface area (Å²) in [4.78, 5) is 23.8. The number of amides is 2. The number of aryl methyl sites for hydroxylation is 1. The molecular weight excluding hydrogens is 296 g/mol. The molecule has 1 saturated carbocycles. The second-order valence-electron chi connectivity index (χ2n) is 6.15. The summed E-state index contributed by atoms with van der Waals surface area (Å²) in [7, 11) is 0. The van der Waals surface area contributed by atoms with Crippen molar-refractivity contribution in [1.29, 1.82) is 0 Å². The Bertz CT molecular complexity index is 596.